The van der Waals surface area contributed by atoms with Crippen molar-refractivity contribution in [3.05, 3.63) is 47.9 Å². The Kier molecular flexibility index (Phi) is 4.25. The number of methoxy groups -OCH3 is 1. The summed E-state index contributed by atoms with van der Waals surface area (Å²) in [4.78, 5) is 0. The van der Waals surface area contributed by atoms with Crippen molar-refractivity contribution in [1.29, 1.82) is 0 Å². The van der Waals surface area contributed by atoms with Gasteiger partial charge in [0, 0.05) is 31.1 Å². The summed E-state index contributed by atoms with van der Waals surface area (Å²) in [5.74, 6) is 1.87. The van der Waals surface area contributed by atoms with E-state index < -0.39 is 0 Å². The van der Waals surface area contributed by atoms with Gasteiger partial charge in [-0.05, 0) is 18.2 Å². The zero-order valence-electron chi connectivity index (χ0n) is 10.3. The topological polar surface area (TPSA) is 54.6 Å². The van der Waals surface area contributed by atoms with Gasteiger partial charge in [0.25, 0.3) is 0 Å². The molecule has 4 heteroatoms. The summed E-state index contributed by atoms with van der Waals surface area (Å²) in [7, 11) is 1.58. The van der Waals surface area contributed by atoms with E-state index in [1.807, 2.05) is 24.3 Å². The highest BCUT2D eigenvalue weighted by molar-refractivity contribution is 5.39. The molecule has 0 radical (unpaired) electrons. The summed E-state index contributed by atoms with van der Waals surface area (Å²) in [6.07, 6.45) is 2.51. The monoisotopic (exact) mass is 247 g/mol. The van der Waals surface area contributed by atoms with Gasteiger partial charge in [-0.2, -0.15) is 0 Å². The number of nitrogens with one attached hydrogen (secondary N) is 1. The molecule has 0 fully saturated rings. The van der Waals surface area contributed by atoms with Crippen LogP contribution >= 0.6 is 0 Å². The maximum atomic E-state index is 9.77. The number of furan rings is 1. The molecule has 0 aliphatic carbocycles. The van der Waals surface area contributed by atoms with Crippen molar-refractivity contribution in [3.8, 4) is 11.5 Å². The normalized spacial score (nSPS) is 10.5. The van der Waals surface area contributed by atoms with Gasteiger partial charge in [-0.1, -0.05) is 6.07 Å². The first-order valence-corrected chi connectivity index (χ1v) is 5.88. The lowest BCUT2D eigenvalue weighted by atomic mass is 10.2. The van der Waals surface area contributed by atoms with E-state index in [2.05, 4.69) is 5.32 Å². The van der Waals surface area contributed by atoms with Crippen molar-refractivity contribution >= 4 is 0 Å². The van der Waals surface area contributed by atoms with Crippen LogP contribution in [0.3, 0.4) is 0 Å². The van der Waals surface area contributed by atoms with E-state index in [1.54, 1.807) is 19.4 Å². The SMILES string of the molecule is COc1ccc(CNCCc2ccco2)c(O)c1. The molecule has 0 saturated heterocycles. The van der Waals surface area contributed by atoms with Crippen LogP contribution < -0.4 is 10.1 Å². The molecule has 0 amide bonds. The predicted octanol–water partition coefficient (Wildman–Crippen LogP) is 2.33. The van der Waals surface area contributed by atoms with Crippen LogP contribution in [-0.4, -0.2) is 18.8 Å². The lowest BCUT2D eigenvalue weighted by Gasteiger charge is -2.07. The molecule has 0 saturated carbocycles. The lowest BCUT2D eigenvalue weighted by Crippen LogP contribution is -2.16. The molecule has 0 unspecified atom stereocenters. The third kappa shape index (κ3) is 3.28. The highest BCUT2D eigenvalue weighted by Crippen LogP contribution is 2.22. The molecule has 4 nitrogen and oxygen atoms in total. The molecule has 0 bridgehead atoms. The number of benzene rings is 1. The minimum absolute atomic E-state index is 0.250. The van der Waals surface area contributed by atoms with Gasteiger partial charge in [0.1, 0.15) is 17.3 Å². The third-order valence-corrected chi connectivity index (χ3v) is 2.74. The van der Waals surface area contributed by atoms with E-state index in [0.717, 1.165) is 24.3 Å². The fourth-order valence-electron chi connectivity index (χ4n) is 1.71. The van der Waals surface area contributed by atoms with Crippen molar-refractivity contribution in [3.63, 3.8) is 0 Å². The number of hydrogen-bond donors (Lipinski definition) is 2. The number of phenols is 1. The molecule has 0 atom stereocenters. The third-order valence-electron chi connectivity index (χ3n) is 2.74. The average molecular weight is 247 g/mol. The quantitative estimate of drug-likeness (QED) is 0.769. The Morgan fingerprint density at radius 1 is 1.33 bits per heavy atom. The summed E-state index contributed by atoms with van der Waals surface area (Å²) in [6.45, 7) is 1.43. The number of rotatable bonds is 6. The molecule has 1 aromatic heterocycles. The van der Waals surface area contributed by atoms with Crippen molar-refractivity contribution in [2.45, 2.75) is 13.0 Å². The molecule has 2 N–H and O–H groups in total. The smallest absolute Gasteiger partial charge is 0.123 e. The summed E-state index contributed by atoms with van der Waals surface area (Å²) in [5.41, 5.74) is 0.857. The van der Waals surface area contributed by atoms with Crippen LogP contribution in [-0.2, 0) is 13.0 Å². The molecule has 1 heterocycles. The molecule has 96 valence electrons. The first-order chi connectivity index (χ1) is 8.79. The molecule has 0 aliphatic heterocycles. The summed E-state index contributed by atoms with van der Waals surface area (Å²) >= 11 is 0. The van der Waals surface area contributed by atoms with Gasteiger partial charge in [0.05, 0.1) is 13.4 Å². The predicted molar refractivity (Wildman–Crippen MR) is 68.8 cm³/mol. The van der Waals surface area contributed by atoms with E-state index in [4.69, 9.17) is 9.15 Å². The molecule has 2 aromatic rings. The van der Waals surface area contributed by atoms with Gasteiger partial charge in [-0.15, -0.1) is 0 Å². The molecule has 18 heavy (non-hydrogen) atoms. The largest absolute Gasteiger partial charge is 0.507 e. The number of ether oxygens (including phenoxy) is 1. The second kappa shape index (κ2) is 6.12. The van der Waals surface area contributed by atoms with Crippen molar-refractivity contribution < 1.29 is 14.3 Å². The molecule has 2 rings (SSSR count). The van der Waals surface area contributed by atoms with E-state index >= 15 is 0 Å². The van der Waals surface area contributed by atoms with Crippen LogP contribution in [0.5, 0.6) is 11.5 Å². The summed E-state index contributed by atoms with van der Waals surface area (Å²) in [6, 6.07) is 9.14. The Balaban J connectivity index is 1.79. The maximum Gasteiger partial charge on any atom is 0.123 e. The van der Waals surface area contributed by atoms with Gasteiger partial charge in [0.15, 0.2) is 0 Å². The summed E-state index contributed by atoms with van der Waals surface area (Å²) in [5, 5.41) is 13.0. The van der Waals surface area contributed by atoms with E-state index in [1.165, 1.54) is 0 Å². The van der Waals surface area contributed by atoms with Gasteiger partial charge in [-0.3, -0.25) is 0 Å². The molecule has 0 spiro atoms. The Hall–Kier alpha value is -1.94. The first-order valence-electron chi connectivity index (χ1n) is 5.88. The minimum atomic E-state index is 0.250. The first kappa shape index (κ1) is 12.5. The molecular formula is C14H17NO3. The van der Waals surface area contributed by atoms with Gasteiger partial charge in [-0.25, -0.2) is 0 Å². The second-order valence-corrected chi connectivity index (χ2v) is 4.00. The molecule has 1 aromatic carbocycles. The van der Waals surface area contributed by atoms with Gasteiger partial charge >= 0.3 is 0 Å². The molecular weight excluding hydrogens is 230 g/mol. The van der Waals surface area contributed by atoms with Crippen molar-refractivity contribution in [1.82, 2.24) is 5.32 Å². The number of aromatic hydroxyl groups is 1. The van der Waals surface area contributed by atoms with E-state index in [9.17, 15) is 5.11 Å². The standard InChI is InChI=1S/C14H17NO3/c1-17-13-5-4-11(14(16)9-13)10-15-7-6-12-3-2-8-18-12/h2-5,8-9,15-16H,6-7,10H2,1H3. The van der Waals surface area contributed by atoms with Crippen LogP contribution in [0, 0.1) is 0 Å². The number of phenolic OH excluding ortho intramolecular Hbond substituents is 1. The van der Waals surface area contributed by atoms with Crippen LogP contribution in [0.2, 0.25) is 0 Å². The lowest BCUT2D eigenvalue weighted by molar-refractivity contribution is 0.406. The Bertz CT molecular complexity index is 480. The maximum absolute atomic E-state index is 9.77. The van der Waals surface area contributed by atoms with Crippen molar-refractivity contribution in [2.24, 2.45) is 0 Å². The number of hydrogen-bond acceptors (Lipinski definition) is 4. The van der Waals surface area contributed by atoms with E-state index in [0.29, 0.717) is 12.3 Å². The molecule has 0 aliphatic rings. The highest BCUT2D eigenvalue weighted by Gasteiger charge is 2.02. The van der Waals surface area contributed by atoms with Gasteiger partial charge in [0.2, 0.25) is 0 Å². The zero-order chi connectivity index (χ0) is 12.8. The Morgan fingerprint density at radius 3 is 2.89 bits per heavy atom. The Labute approximate surface area is 106 Å². The minimum Gasteiger partial charge on any atom is -0.507 e. The fraction of sp³-hybridized carbons (Fsp3) is 0.286. The average Bonchev–Trinajstić information content (AvgIpc) is 2.89. The fourth-order valence-corrected chi connectivity index (χ4v) is 1.71. The van der Waals surface area contributed by atoms with Gasteiger partial charge < -0.3 is 19.6 Å². The Morgan fingerprint density at radius 2 is 2.22 bits per heavy atom. The van der Waals surface area contributed by atoms with Crippen LogP contribution in [0.15, 0.2) is 41.0 Å². The highest BCUT2D eigenvalue weighted by atomic mass is 16.5. The second-order valence-electron chi connectivity index (χ2n) is 4.00. The van der Waals surface area contributed by atoms with Crippen LogP contribution in [0.4, 0.5) is 0 Å². The van der Waals surface area contributed by atoms with E-state index in [-0.39, 0.29) is 5.75 Å². The van der Waals surface area contributed by atoms with Crippen LogP contribution in [0.25, 0.3) is 0 Å². The zero-order valence-corrected chi connectivity index (χ0v) is 10.3. The summed E-state index contributed by atoms with van der Waals surface area (Å²) < 4.78 is 10.3. The van der Waals surface area contributed by atoms with Crippen LogP contribution in [0.1, 0.15) is 11.3 Å². The van der Waals surface area contributed by atoms with Crippen molar-refractivity contribution in [2.75, 3.05) is 13.7 Å².